The first-order chi connectivity index (χ1) is 20.9. The van der Waals surface area contributed by atoms with Gasteiger partial charge >= 0.3 is 0 Å². The highest BCUT2D eigenvalue weighted by Crippen LogP contribution is 2.26. The van der Waals surface area contributed by atoms with Crippen molar-refractivity contribution in [3.05, 3.63) is 89.3 Å². The first-order valence-corrected chi connectivity index (χ1v) is 15.4. The van der Waals surface area contributed by atoms with Gasteiger partial charge in [-0.1, -0.05) is 25.1 Å². The highest BCUT2D eigenvalue weighted by Gasteiger charge is 2.20. The summed E-state index contributed by atoms with van der Waals surface area (Å²) in [7, 11) is 0. The summed E-state index contributed by atoms with van der Waals surface area (Å²) in [5.41, 5.74) is 6.21. The lowest BCUT2D eigenvalue weighted by atomic mass is 10.0. The summed E-state index contributed by atoms with van der Waals surface area (Å²) in [6.07, 6.45) is 4.61. The number of piperazine rings is 1. The van der Waals surface area contributed by atoms with Crippen LogP contribution in [0, 0.1) is 6.92 Å². The summed E-state index contributed by atoms with van der Waals surface area (Å²) < 4.78 is 9.93. The number of hydrogen-bond donors (Lipinski definition) is 0. The molecule has 0 unspecified atom stereocenters. The van der Waals surface area contributed by atoms with Gasteiger partial charge in [-0.05, 0) is 57.0 Å². The van der Waals surface area contributed by atoms with Crippen molar-refractivity contribution in [2.24, 2.45) is 0 Å². The number of pyridine rings is 2. The molecule has 43 heavy (non-hydrogen) atoms. The van der Waals surface area contributed by atoms with Gasteiger partial charge in [-0.2, -0.15) is 5.10 Å². The number of fused-ring (bicyclic) bond motifs is 2. The van der Waals surface area contributed by atoms with Gasteiger partial charge in [0.1, 0.15) is 23.7 Å². The Labute approximate surface area is 253 Å². The number of Topliss-reactive ketones (excluding diaryl/α,β-unsaturated/α-hetero) is 1. The molecule has 6 rings (SSSR count). The lowest BCUT2D eigenvalue weighted by Gasteiger charge is -2.36. The van der Waals surface area contributed by atoms with Crippen molar-refractivity contribution in [3.63, 3.8) is 0 Å². The molecule has 1 fully saturated rings. The van der Waals surface area contributed by atoms with Crippen molar-refractivity contribution >= 4 is 22.3 Å². The summed E-state index contributed by atoms with van der Waals surface area (Å²) in [5, 5.41) is 5.97. The van der Waals surface area contributed by atoms with Crippen LogP contribution in [0.1, 0.15) is 53.9 Å². The maximum absolute atomic E-state index is 13.6. The van der Waals surface area contributed by atoms with Gasteiger partial charge < -0.3 is 4.74 Å². The maximum Gasteiger partial charge on any atom is 0.185 e. The second-order valence-electron chi connectivity index (χ2n) is 11.7. The minimum atomic E-state index is 0.0179. The van der Waals surface area contributed by atoms with Gasteiger partial charge in [0.25, 0.3) is 0 Å². The molecule has 1 aromatic carbocycles. The van der Waals surface area contributed by atoms with Crippen LogP contribution >= 0.6 is 0 Å². The van der Waals surface area contributed by atoms with E-state index in [0.717, 1.165) is 78.4 Å². The number of aryl methyl sites for hydroxylation is 2. The number of carbonyl (C=O) groups excluding carboxylic acids is 1. The van der Waals surface area contributed by atoms with Crippen LogP contribution in [-0.4, -0.2) is 85.1 Å². The van der Waals surface area contributed by atoms with E-state index < -0.39 is 0 Å². The van der Waals surface area contributed by atoms with Crippen LogP contribution in [0.4, 0.5) is 0 Å². The number of nitrogens with zero attached hydrogens (tertiary/aromatic N) is 7. The highest BCUT2D eigenvalue weighted by molar-refractivity contribution is 5.99. The molecule has 4 aromatic heterocycles. The molecule has 224 valence electrons. The van der Waals surface area contributed by atoms with Crippen molar-refractivity contribution < 1.29 is 9.53 Å². The normalized spacial score (nSPS) is 14.7. The zero-order valence-corrected chi connectivity index (χ0v) is 25.7. The quantitative estimate of drug-likeness (QED) is 0.208. The van der Waals surface area contributed by atoms with Crippen LogP contribution in [-0.2, 0) is 19.4 Å². The van der Waals surface area contributed by atoms with Gasteiger partial charge in [0, 0.05) is 68.5 Å². The molecule has 0 aliphatic carbocycles. The molecule has 5 aromatic rings. The third-order valence-electron chi connectivity index (χ3n) is 8.46. The van der Waals surface area contributed by atoms with Gasteiger partial charge in [0.15, 0.2) is 5.78 Å². The van der Waals surface area contributed by atoms with Crippen molar-refractivity contribution in [1.29, 1.82) is 0 Å². The third-order valence-corrected chi connectivity index (χ3v) is 8.46. The van der Waals surface area contributed by atoms with E-state index >= 15 is 0 Å². The Hall–Kier alpha value is -4.08. The fourth-order valence-corrected chi connectivity index (χ4v) is 6.06. The number of imidazole rings is 1. The SMILES string of the molecule is CCc1nn(Cc2cccc(C)n2)c2cccc(CC(=O)c3cnc4cc(OCCN5CCN(C(C)C)CC5)ccn34)c12. The van der Waals surface area contributed by atoms with E-state index in [2.05, 4.69) is 46.6 Å². The molecule has 0 bridgehead atoms. The average molecular weight is 580 g/mol. The predicted molar refractivity (Wildman–Crippen MR) is 169 cm³/mol. The number of benzene rings is 1. The summed E-state index contributed by atoms with van der Waals surface area (Å²) in [4.78, 5) is 27.8. The Morgan fingerprint density at radius 2 is 1.86 bits per heavy atom. The Bertz CT molecular complexity index is 1730. The monoisotopic (exact) mass is 579 g/mol. The Kier molecular flexibility index (Phi) is 8.54. The molecule has 0 radical (unpaired) electrons. The molecule has 9 nitrogen and oxygen atoms in total. The van der Waals surface area contributed by atoms with E-state index in [0.29, 0.717) is 30.5 Å². The molecule has 1 saturated heterocycles. The first-order valence-electron chi connectivity index (χ1n) is 15.4. The van der Waals surface area contributed by atoms with Crippen LogP contribution in [0.15, 0.2) is 60.9 Å². The average Bonchev–Trinajstić information content (AvgIpc) is 3.59. The molecule has 0 spiro atoms. The molecule has 0 N–H and O–H groups in total. The molecule has 0 atom stereocenters. The van der Waals surface area contributed by atoms with E-state index in [9.17, 15) is 4.79 Å². The van der Waals surface area contributed by atoms with Crippen LogP contribution in [0.3, 0.4) is 0 Å². The van der Waals surface area contributed by atoms with Gasteiger partial charge in [-0.3, -0.25) is 28.7 Å². The van der Waals surface area contributed by atoms with Gasteiger partial charge in [0.05, 0.1) is 29.6 Å². The molecule has 1 aliphatic heterocycles. The minimum absolute atomic E-state index is 0.0179. The molecule has 0 saturated carbocycles. The van der Waals surface area contributed by atoms with Crippen molar-refractivity contribution in [2.75, 3.05) is 39.3 Å². The zero-order chi connectivity index (χ0) is 29.9. The van der Waals surface area contributed by atoms with E-state index in [-0.39, 0.29) is 12.2 Å². The zero-order valence-electron chi connectivity index (χ0n) is 25.7. The Morgan fingerprint density at radius 1 is 1.05 bits per heavy atom. The summed E-state index contributed by atoms with van der Waals surface area (Å²) in [6.45, 7) is 15.1. The second-order valence-corrected chi connectivity index (χ2v) is 11.7. The number of ether oxygens (including phenoxy) is 1. The van der Waals surface area contributed by atoms with Gasteiger partial charge in [-0.15, -0.1) is 0 Å². The fourth-order valence-electron chi connectivity index (χ4n) is 6.06. The number of carbonyl (C=O) groups is 1. The topological polar surface area (TPSA) is 80.8 Å². The van der Waals surface area contributed by atoms with Crippen LogP contribution in [0.25, 0.3) is 16.6 Å². The van der Waals surface area contributed by atoms with Crippen LogP contribution < -0.4 is 4.74 Å². The van der Waals surface area contributed by atoms with Crippen LogP contribution in [0.2, 0.25) is 0 Å². The van der Waals surface area contributed by atoms with Gasteiger partial charge in [-0.25, -0.2) is 4.98 Å². The van der Waals surface area contributed by atoms with E-state index in [1.807, 2.05) is 64.7 Å². The first kappa shape index (κ1) is 29.0. The summed E-state index contributed by atoms with van der Waals surface area (Å²) in [6, 6.07) is 16.6. The van der Waals surface area contributed by atoms with Crippen LogP contribution in [0.5, 0.6) is 5.75 Å². The molecular formula is C34H41N7O2. The minimum Gasteiger partial charge on any atom is -0.492 e. The number of hydrogen-bond acceptors (Lipinski definition) is 7. The number of aromatic nitrogens is 5. The second kappa shape index (κ2) is 12.7. The van der Waals surface area contributed by atoms with Crippen molar-refractivity contribution in [2.45, 2.75) is 53.1 Å². The predicted octanol–water partition coefficient (Wildman–Crippen LogP) is 4.83. The maximum atomic E-state index is 13.6. The third kappa shape index (κ3) is 6.33. The Morgan fingerprint density at radius 3 is 2.63 bits per heavy atom. The summed E-state index contributed by atoms with van der Waals surface area (Å²) in [5.74, 6) is 0.787. The molecule has 5 heterocycles. The molecule has 9 heteroatoms. The van der Waals surface area contributed by atoms with E-state index in [4.69, 9.17) is 9.84 Å². The van der Waals surface area contributed by atoms with Crippen molar-refractivity contribution in [3.8, 4) is 5.75 Å². The lowest BCUT2D eigenvalue weighted by Crippen LogP contribution is -2.49. The smallest absolute Gasteiger partial charge is 0.185 e. The van der Waals surface area contributed by atoms with Crippen molar-refractivity contribution in [1.82, 2.24) is 33.9 Å². The Balaban J connectivity index is 1.14. The highest BCUT2D eigenvalue weighted by atomic mass is 16.5. The lowest BCUT2D eigenvalue weighted by molar-refractivity contribution is 0.0970. The largest absolute Gasteiger partial charge is 0.492 e. The van der Waals surface area contributed by atoms with E-state index in [1.54, 1.807) is 6.20 Å². The molecular weight excluding hydrogens is 538 g/mol. The summed E-state index contributed by atoms with van der Waals surface area (Å²) >= 11 is 0. The standard InChI is InChI=1S/C34H41N7O2/c1-5-29-34-26(9-7-11-30(34)41(37-29)23-27-10-6-8-25(4)36-27)20-32(42)31-22-35-33-21-28(12-13-40(31)33)43-19-18-38-14-16-39(17-15-38)24(2)3/h6-13,21-22,24H,5,14-20,23H2,1-4H3. The number of rotatable bonds is 11. The number of ketones is 1. The van der Waals surface area contributed by atoms with E-state index in [1.165, 1.54) is 0 Å². The molecule has 0 amide bonds. The van der Waals surface area contributed by atoms with Gasteiger partial charge in [0.2, 0.25) is 0 Å². The molecule has 1 aliphatic rings. The fraction of sp³-hybridized carbons (Fsp3) is 0.412.